The van der Waals surface area contributed by atoms with Crippen LogP contribution in [0.15, 0.2) is 36.4 Å². The number of benzene rings is 2. The van der Waals surface area contributed by atoms with Crippen LogP contribution >= 0.6 is 11.6 Å². The zero-order chi connectivity index (χ0) is 14.0. The van der Waals surface area contributed by atoms with E-state index >= 15 is 0 Å². The molecule has 100 valence electrons. The Bertz CT molecular complexity index is 595. The third-order valence-corrected chi connectivity index (χ3v) is 3.48. The quantitative estimate of drug-likeness (QED) is 0.884. The molecule has 0 saturated carbocycles. The monoisotopic (exact) mass is 278 g/mol. The molecule has 2 aromatic carbocycles. The van der Waals surface area contributed by atoms with Gasteiger partial charge < -0.3 is 5.11 Å². The summed E-state index contributed by atoms with van der Waals surface area (Å²) in [6.07, 6.45) is -0.584. The molecule has 2 rings (SSSR count). The lowest BCUT2D eigenvalue weighted by atomic mass is 9.99. The highest BCUT2D eigenvalue weighted by Gasteiger charge is 2.15. The van der Waals surface area contributed by atoms with E-state index in [9.17, 15) is 9.50 Å². The van der Waals surface area contributed by atoms with Gasteiger partial charge in [-0.2, -0.15) is 0 Å². The van der Waals surface area contributed by atoms with Crippen LogP contribution in [0.1, 0.15) is 28.4 Å². The van der Waals surface area contributed by atoms with E-state index in [1.807, 2.05) is 32.0 Å². The van der Waals surface area contributed by atoms with Crippen molar-refractivity contribution in [3.05, 3.63) is 69.5 Å². The number of aliphatic hydroxyl groups excluding tert-OH is 1. The van der Waals surface area contributed by atoms with Crippen molar-refractivity contribution in [3.63, 3.8) is 0 Å². The molecule has 1 atom stereocenters. The van der Waals surface area contributed by atoms with Crippen LogP contribution in [0.2, 0.25) is 5.02 Å². The second kappa shape index (κ2) is 5.72. The Morgan fingerprint density at radius 3 is 2.42 bits per heavy atom. The third-order valence-electron chi connectivity index (χ3n) is 3.13. The van der Waals surface area contributed by atoms with Crippen LogP contribution in [0.5, 0.6) is 0 Å². The van der Waals surface area contributed by atoms with E-state index in [1.54, 1.807) is 12.1 Å². The first-order valence-electron chi connectivity index (χ1n) is 6.16. The molecule has 0 aliphatic rings. The lowest BCUT2D eigenvalue weighted by Gasteiger charge is -2.14. The molecule has 19 heavy (non-hydrogen) atoms. The van der Waals surface area contributed by atoms with Crippen molar-refractivity contribution in [2.75, 3.05) is 0 Å². The molecule has 3 heteroatoms. The Morgan fingerprint density at radius 2 is 1.74 bits per heavy atom. The Labute approximate surface area is 117 Å². The van der Waals surface area contributed by atoms with Gasteiger partial charge in [0.05, 0.1) is 6.10 Å². The van der Waals surface area contributed by atoms with E-state index in [0.29, 0.717) is 17.0 Å². The highest BCUT2D eigenvalue weighted by atomic mass is 35.5. The standard InChI is InChI=1S/C16H16ClFO/c1-10-4-6-15(18)13(7-10)16(19)9-12-5-3-11(2)8-14(12)17/h3-8,16,19H,9H2,1-2H3. The first-order chi connectivity index (χ1) is 8.97. The molecule has 2 aromatic rings. The van der Waals surface area contributed by atoms with Gasteiger partial charge in [0.25, 0.3) is 0 Å². The van der Waals surface area contributed by atoms with Crippen LogP contribution < -0.4 is 0 Å². The van der Waals surface area contributed by atoms with E-state index < -0.39 is 6.10 Å². The van der Waals surface area contributed by atoms with Crippen molar-refractivity contribution < 1.29 is 9.50 Å². The summed E-state index contributed by atoms with van der Waals surface area (Å²) in [6, 6.07) is 10.4. The summed E-state index contributed by atoms with van der Waals surface area (Å²) in [7, 11) is 0. The van der Waals surface area contributed by atoms with Gasteiger partial charge in [-0.05, 0) is 37.1 Å². The predicted octanol–water partition coefficient (Wildman–Crippen LogP) is 4.37. The molecule has 0 radical (unpaired) electrons. The van der Waals surface area contributed by atoms with Crippen LogP contribution in [0.3, 0.4) is 0 Å². The van der Waals surface area contributed by atoms with E-state index in [2.05, 4.69) is 0 Å². The molecule has 0 aliphatic carbocycles. The second-order valence-electron chi connectivity index (χ2n) is 4.84. The first kappa shape index (κ1) is 14.0. The minimum absolute atomic E-state index is 0.305. The van der Waals surface area contributed by atoms with Crippen molar-refractivity contribution >= 4 is 11.6 Å². The van der Waals surface area contributed by atoms with Crippen LogP contribution in [0.4, 0.5) is 4.39 Å². The van der Waals surface area contributed by atoms with Gasteiger partial charge in [0.15, 0.2) is 0 Å². The molecule has 0 fully saturated rings. The zero-order valence-electron chi connectivity index (χ0n) is 11.0. The molecule has 1 nitrogen and oxygen atoms in total. The minimum Gasteiger partial charge on any atom is -0.388 e. The number of hydrogen-bond donors (Lipinski definition) is 1. The number of halogens is 2. The fourth-order valence-electron chi connectivity index (χ4n) is 2.05. The smallest absolute Gasteiger partial charge is 0.129 e. The average molecular weight is 279 g/mol. The van der Waals surface area contributed by atoms with Gasteiger partial charge in [-0.15, -0.1) is 0 Å². The van der Waals surface area contributed by atoms with E-state index in [4.69, 9.17) is 11.6 Å². The fraction of sp³-hybridized carbons (Fsp3) is 0.250. The maximum absolute atomic E-state index is 13.7. The summed E-state index contributed by atoms with van der Waals surface area (Å²) >= 11 is 6.13. The maximum Gasteiger partial charge on any atom is 0.129 e. The average Bonchev–Trinajstić information content (AvgIpc) is 2.35. The molecule has 0 saturated heterocycles. The van der Waals surface area contributed by atoms with Crippen LogP contribution in [0.25, 0.3) is 0 Å². The van der Waals surface area contributed by atoms with Crippen molar-refractivity contribution in [3.8, 4) is 0 Å². The summed E-state index contributed by atoms with van der Waals surface area (Å²) in [5.41, 5.74) is 3.12. The number of rotatable bonds is 3. The molecular formula is C16H16ClFO. The van der Waals surface area contributed by atoms with E-state index in [1.165, 1.54) is 6.07 Å². The second-order valence-corrected chi connectivity index (χ2v) is 5.25. The van der Waals surface area contributed by atoms with Crippen molar-refractivity contribution in [1.29, 1.82) is 0 Å². The summed E-state index contributed by atoms with van der Waals surface area (Å²) < 4.78 is 13.7. The third kappa shape index (κ3) is 3.34. The van der Waals surface area contributed by atoms with Crippen LogP contribution in [-0.4, -0.2) is 5.11 Å². The minimum atomic E-state index is -0.889. The van der Waals surface area contributed by atoms with Gasteiger partial charge in [0, 0.05) is 17.0 Å². The summed E-state index contributed by atoms with van der Waals surface area (Å²) in [5, 5.41) is 10.8. The summed E-state index contributed by atoms with van der Waals surface area (Å²) in [4.78, 5) is 0. The highest BCUT2D eigenvalue weighted by Crippen LogP contribution is 2.26. The van der Waals surface area contributed by atoms with Crippen LogP contribution in [-0.2, 0) is 6.42 Å². The topological polar surface area (TPSA) is 20.2 Å². The van der Waals surface area contributed by atoms with Crippen molar-refractivity contribution in [2.24, 2.45) is 0 Å². The number of hydrogen-bond acceptors (Lipinski definition) is 1. The maximum atomic E-state index is 13.7. The lowest BCUT2D eigenvalue weighted by molar-refractivity contribution is 0.173. The van der Waals surface area contributed by atoms with Crippen molar-refractivity contribution in [2.45, 2.75) is 26.4 Å². The van der Waals surface area contributed by atoms with Gasteiger partial charge >= 0.3 is 0 Å². The molecule has 1 N–H and O–H groups in total. The Kier molecular flexibility index (Phi) is 4.23. The van der Waals surface area contributed by atoms with Gasteiger partial charge in [-0.25, -0.2) is 4.39 Å². The normalized spacial score (nSPS) is 12.5. The Morgan fingerprint density at radius 1 is 1.11 bits per heavy atom. The highest BCUT2D eigenvalue weighted by molar-refractivity contribution is 6.31. The molecule has 0 bridgehead atoms. The van der Waals surface area contributed by atoms with Gasteiger partial charge in [0.2, 0.25) is 0 Å². The fourth-order valence-corrected chi connectivity index (χ4v) is 2.37. The summed E-state index contributed by atoms with van der Waals surface area (Å²) in [6.45, 7) is 3.82. The van der Waals surface area contributed by atoms with Gasteiger partial charge in [-0.1, -0.05) is 41.4 Å². The predicted molar refractivity (Wildman–Crippen MR) is 76.0 cm³/mol. The lowest BCUT2D eigenvalue weighted by Crippen LogP contribution is -2.05. The van der Waals surface area contributed by atoms with Crippen molar-refractivity contribution in [1.82, 2.24) is 0 Å². The Balaban J connectivity index is 2.25. The first-order valence-corrected chi connectivity index (χ1v) is 6.54. The summed E-state index contributed by atoms with van der Waals surface area (Å²) in [5.74, 6) is -0.388. The number of aliphatic hydroxyl groups is 1. The SMILES string of the molecule is Cc1ccc(CC(O)c2cc(C)ccc2F)c(Cl)c1. The molecule has 0 aliphatic heterocycles. The van der Waals surface area contributed by atoms with Gasteiger partial charge in [-0.3, -0.25) is 0 Å². The molecule has 1 unspecified atom stereocenters. The molecule has 0 spiro atoms. The molecule has 0 amide bonds. The molecular weight excluding hydrogens is 263 g/mol. The van der Waals surface area contributed by atoms with E-state index in [0.717, 1.165) is 16.7 Å². The van der Waals surface area contributed by atoms with E-state index in [-0.39, 0.29) is 5.82 Å². The molecule has 0 aromatic heterocycles. The zero-order valence-corrected chi connectivity index (χ0v) is 11.7. The van der Waals surface area contributed by atoms with Crippen LogP contribution in [0, 0.1) is 19.7 Å². The Hall–Kier alpha value is -1.38. The molecule has 0 heterocycles. The largest absolute Gasteiger partial charge is 0.388 e. The number of aryl methyl sites for hydroxylation is 2. The van der Waals surface area contributed by atoms with Gasteiger partial charge in [0.1, 0.15) is 5.82 Å².